The quantitative estimate of drug-likeness (QED) is 0.801. The number of aromatic amines is 1. The van der Waals surface area contributed by atoms with Crippen LogP contribution in [0.4, 0.5) is 10.5 Å². The summed E-state index contributed by atoms with van der Waals surface area (Å²) in [6, 6.07) is 10.2. The zero-order valence-corrected chi connectivity index (χ0v) is 10.4. The monoisotopic (exact) mass is 269 g/mol. The number of hydrogen-bond donors (Lipinski definition) is 2. The maximum absolute atomic E-state index is 12.1. The Morgan fingerprint density at radius 1 is 1.00 bits per heavy atom. The van der Waals surface area contributed by atoms with E-state index < -0.39 is 17.5 Å². The van der Waals surface area contributed by atoms with E-state index in [1.54, 1.807) is 6.07 Å². The maximum Gasteiger partial charge on any atom is 0.329 e. The van der Waals surface area contributed by atoms with Crippen LogP contribution in [0, 0.1) is 0 Å². The third kappa shape index (κ3) is 1.87. The van der Waals surface area contributed by atoms with Crippen LogP contribution in [0.3, 0.4) is 0 Å². The number of urea groups is 1. The number of imide groups is 1. The van der Waals surface area contributed by atoms with Crippen LogP contribution in [0.5, 0.6) is 0 Å². The molecule has 0 aliphatic carbocycles. The lowest BCUT2D eigenvalue weighted by Gasteiger charge is -2.15. The number of hydrogen-bond acceptors (Lipinski definition) is 3. The Bertz CT molecular complexity index is 721. The van der Waals surface area contributed by atoms with Crippen molar-refractivity contribution in [3.63, 3.8) is 0 Å². The van der Waals surface area contributed by atoms with Gasteiger partial charge in [-0.2, -0.15) is 0 Å². The van der Waals surface area contributed by atoms with Crippen LogP contribution < -0.4 is 15.8 Å². The summed E-state index contributed by atoms with van der Waals surface area (Å²) in [5, 5.41) is 2.41. The van der Waals surface area contributed by atoms with Crippen molar-refractivity contribution >= 4 is 17.6 Å². The summed E-state index contributed by atoms with van der Waals surface area (Å²) < 4.78 is 0. The lowest BCUT2D eigenvalue weighted by molar-refractivity contribution is -0.115. The van der Waals surface area contributed by atoms with Crippen LogP contribution in [0.25, 0.3) is 11.1 Å². The number of amides is 3. The van der Waals surface area contributed by atoms with Crippen LogP contribution in [0.1, 0.15) is 0 Å². The molecular formula is C14H11N3O3. The summed E-state index contributed by atoms with van der Waals surface area (Å²) >= 11 is 0. The Hall–Kier alpha value is -2.89. The van der Waals surface area contributed by atoms with Gasteiger partial charge in [0.15, 0.2) is 0 Å². The molecule has 3 amide bonds. The molecule has 0 spiro atoms. The predicted octanol–water partition coefficient (Wildman–Crippen LogP) is 1.10. The second kappa shape index (κ2) is 4.65. The summed E-state index contributed by atoms with van der Waals surface area (Å²) in [5.41, 5.74) is 0.885. The molecule has 1 aliphatic heterocycles. The van der Waals surface area contributed by atoms with E-state index in [4.69, 9.17) is 0 Å². The first-order valence-electron chi connectivity index (χ1n) is 6.06. The molecule has 20 heavy (non-hydrogen) atoms. The van der Waals surface area contributed by atoms with Gasteiger partial charge >= 0.3 is 6.03 Å². The number of H-pyrrole nitrogens is 1. The van der Waals surface area contributed by atoms with Crippen LogP contribution in [-0.4, -0.2) is 23.5 Å². The van der Waals surface area contributed by atoms with E-state index in [9.17, 15) is 14.4 Å². The van der Waals surface area contributed by atoms with Gasteiger partial charge in [0.2, 0.25) is 0 Å². The molecule has 2 heterocycles. The molecular weight excluding hydrogens is 258 g/mol. The second-order valence-corrected chi connectivity index (χ2v) is 4.32. The average Bonchev–Trinajstić information content (AvgIpc) is 2.79. The second-order valence-electron chi connectivity index (χ2n) is 4.32. The summed E-state index contributed by atoms with van der Waals surface area (Å²) in [6.45, 7) is -0.0958. The Morgan fingerprint density at radius 2 is 1.75 bits per heavy atom. The number of aromatic nitrogens is 1. The number of nitrogens with zero attached hydrogens (tertiary/aromatic N) is 1. The molecule has 1 aromatic carbocycles. The average molecular weight is 269 g/mol. The number of pyridine rings is 1. The highest BCUT2D eigenvalue weighted by atomic mass is 16.2. The zero-order valence-electron chi connectivity index (χ0n) is 10.4. The molecule has 6 heteroatoms. The first-order chi connectivity index (χ1) is 9.68. The maximum atomic E-state index is 12.1. The van der Waals surface area contributed by atoms with E-state index >= 15 is 0 Å². The minimum absolute atomic E-state index is 0.0544. The van der Waals surface area contributed by atoms with E-state index in [1.807, 2.05) is 30.3 Å². The summed E-state index contributed by atoms with van der Waals surface area (Å²) in [7, 11) is 0. The van der Waals surface area contributed by atoms with Crippen molar-refractivity contribution in [3.8, 4) is 11.1 Å². The minimum Gasteiger partial charge on any atom is -0.328 e. The molecule has 0 unspecified atom stereocenters. The largest absolute Gasteiger partial charge is 0.329 e. The molecule has 6 nitrogen and oxygen atoms in total. The van der Waals surface area contributed by atoms with Gasteiger partial charge in [0.05, 0.1) is 6.54 Å². The van der Waals surface area contributed by atoms with Crippen molar-refractivity contribution in [1.29, 1.82) is 0 Å². The molecule has 0 saturated carbocycles. The Balaban J connectivity index is 2.23. The molecule has 100 valence electrons. The highest BCUT2D eigenvalue weighted by molar-refractivity contribution is 6.21. The van der Waals surface area contributed by atoms with Crippen molar-refractivity contribution < 1.29 is 9.59 Å². The number of nitrogens with one attached hydrogen (secondary N) is 2. The van der Waals surface area contributed by atoms with E-state index in [2.05, 4.69) is 10.3 Å². The summed E-state index contributed by atoms with van der Waals surface area (Å²) in [5.74, 6) is -0.441. The van der Waals surface area contributed by atoms with Crippen molar-refractivity contribution in [2.45, 2.75) is 0 Å². The van der Waals surface area contributed by atoms with E-state index in [-0.39, 0.29) is 12.2 Å². The fourth-order valence-corrected chi connectivity index (χ4v) is 2.19. The van der Waals surface area contributed by atoms with Gasteiger partial charge in [-0.3, -0.25) is 9.59 Å². The number of carbonyl (C=O) groups is 2. The third-order valence-electron chi connectivity index (χ3n) is 3.09. The Labute approximate surface area is 114 Å². The molecule has 0 radical (unpaired) electrons. The van der Waals surface area contributed by atoms with Gasteiger partial charge in [0.1, 0.15) is 5.69 Å². The highest BCUT2D eigenvalue weighted by Gasteiger charge is 2.33. The van der Waals surface area contributed by atoms with E-state index in [1.165, 1.54) is 6.20 Å². The van der Waals surface area contributed by atoms with Crippen LogP contribution in [0.15, 0.2) is 47.4 Å². The fourth-order valence-electron chi connectivity index (χ4n) is 2.19. The Morgan fingerprint density at radius 3 is 2.40 bits per heavy atom. The standard InChI is InChI=1S/C14H11N3O3/c18-11-8-16-14(20)17(11)12-10(6-7-15-13(12)19)9-4-2-1-3-5-9/h1-7H,8H2,(H,15,19)(H,16,20). The van der Waals surface area contributed by atoms with Crippen LogP contribution in [-0.2, 0) is 4.79 Å². The molecule has 0 bridgehead atoms. The van der Waals surface area contributed by atoms with E-state index in [0.717, 1.165) is 10.5 Å². The van der Waals surface area contributed by atoms with Gasteiger partial charge in [-0.25, -0.2) is 9.69 Å². The lowest BCUT2D eigenvalue weighted by Crippen LogP contribution is -2.35. The molecule has 0 atom stereocenters. The van der Waals surface area contributed by atoms with Gasteiger partial charge in [0.25, 0.3) is 11.5 Å². The van der Waals surface area contributed by atoms with Crippen LogP contribution in [0.2, 0.25) is 0 Å². The Kier molecular flexibility index (Phi) is 2.83. The number of benzene rings is 1. The normalized spacial score (nSPS) is 14.5. The first-order valence-corrected chi connectivity index (χ1v) is 6.06. The first kappa shape index (κ1) is 12.2. The van der Waals surface area contributed by atoms with E-state index in [0.29, 0.717) is 5.56 Å². The SMILES string of the molecule is O=C1CNC(=O)N1c1c(-c2ccccc2)cc[nH]c1=O. The third-order valence-corrected chi connectivity index (χ3v) is 3.09. The van der Waals surface area contributed by atoms with Gasteiger partial charge in [-0.1, -0.05) is 30.3 Å². The van der Waals surface area contributed by atoms with Crippen molar-refractivity contribution in [3.05, 3.63) is 52.9 Å². The molecule has 1 fully saturated rings. The number of carbonyl (C=O) groups excluding carboxylic acids is 2. The molecule has 2 N–H and O–H groups in total. The fraction of sp³-hybridized carbons (Fsp3) is 0.0714. The predicted molar refractivity (Wildman–Crippen MR) is 73.4 cm³/mol. The van der Waals surface area contributed by atoms with Gasteiger partial charge in [-0.15, -0.1) is 0 Å². The van der Waals surface area contributed by atoms with Crippen molar-refractivity contribution in [2.75, 3.05) is 11.4 Å². The summed E-state index contributed by atoms with van der Waals surface area (Å²) in [4.78, 5) is 39.0. The molecule has 1 aliphatic rings. The lowest BCUT2D eigenvalue weighted by atomic mass is 10.0. The minimum atomic E-state index is -0.580. The molecule has 1 saturated heterocycles. The van der Waals surface area contributed by atoms with Gasteiger partial charge < -0.3 is 10.3 Å². The highest BCUT2D eigenvalue weighted by Crippen LogP contribution is 2.28. The number of anilines is 1. The van der Waals surface area contributed by atoms with Gasteiger partial charge in [-0.05, 0) is 11.6 Å². The molecule has 3 rings (SSSR count). The zero-order chi connectivity index (χ0) is 14.1. The summed E-state index contributed by atoms with van der Waals surface area (Å²) in [6.07, 6.45) is 1.49. The topological polar surface area (TPSA) is 82.3 Å². The van der Waals surface area contributed by atoms with Crippen LogP contribution >= 0.6 is 0 Å². The smallest absolute Gasteiger partial charge is 0.328 e. The van der Waals surface area contributed by atoms with Crippen molar-refractivity contribution in [1.82, 2.24) is 10.3 Å². The number of rotatable bonds is 2. The van der Waals surface area contributed by atoms with Crippen molar-refractivity contribution in [2.24, 2.45) is 0 Å². The molecule has 2 aromatic rings. The molecule has 1 aromatic heterocycles. The van der Waals surface area contributed by atoms with Gasteiger partial charge in [0, 0.05) is 11.8 Å².